The van der Waals surface area contributed by atoms with Gasteiger partial charge in [0.25, 0.3) is 0 Å². The summed E-state index contributed by atoms with van der Waals surface area (Å²) in [5.41, 5.74) is 1.16. The molecule has 0 aliphatic carbocycles. The topological polar surface area (TPSA) is 12.0 Å². The Balaban J connectivity index is 2.43. The first-order chi connectivity index (χ1) is 9.02. The molecule has 0 spiro atoms. The molecule has 0 amide bonds. The molecule has 0 aliphatic heterocycles. The third kappa shape index (κ3) is 2.98. The van der Waals surface area contributed by atoms with E-state index in [9.17, 15) is 13.2 Å². The lowest BCUT2D eigenvalue weighted by atomic mass is 9.98. The van der Waals surface area contributed by atoms with E-state index in [1.54, 1.807) is 19.2 Å². The van der Waals surface area contributed by atoms with Crippen molar-refractivity contribution in [2.24, 2.45) is 0 Å². The maximum absolute atomic E-state index is 13.5. The molecule has 2 aromatic rings. The predicted octanol–water partition coefficient (Wildman–Crippen LogP) is 4.18. The zero-order valence-corrected chi connectivity index (χ0v) is 11.6. The Kier molecular flexibility index (Phi) is 4.27. The quantitative estimate of drug-likeness (QED) is 0.890. The highest BCUT2D eigenvalue weighted by atomic mass is 79.9. The van der Waals surface area contributed by atoms with Crippen LogP contribution in [0.25, 0.3) is 0 Å². The van der Waals surface area contributed by atoms with Crippen molar-refractivity contribution in [1.82, 2.24) is 5.32 Å². The second-order valence-electron chi connectivity index (χ2n) is 4.07. The van der Waals surface area contributed by atoms with Crippen LogP contribution < -0.4 is 5.32 Å². The number of hydrogen-bond donors (Lipinski definition) is 1. The van der Waals surface area contributed by atoms with Crippen molar-refractivity contribution < 1.29 is 13.2 Å². The number of nitrogens with one attached hydrogen (secondary N) is 1. The summed E-state index contributed by atoms with van der Waals surface area (Å²) in [5.74, 6) is -2.23. The van der Waals surface area contributed by atoms with Crippen molar-refractivity contribution in [3.63, 3.8) is 0 Å². The molecule has 19 heavy (non-hydrogen) atoms. The molecule has 5 heteroatoms. The standard InChI is InChI=1S/C14H11BrF3N/c1-19-14(8-2-4-10(15)12(17)6-8)9-3-5-11(16)13(18)7-9/h2-7,14,19H,1H3. The molecule has 1 N–H and O–H groups in total. The van der Waals surface area contributed by atoms with E-state index in [0.29, 0.717) is 15.6 Å². The molecule has 2 aromatic carbocycles. The van der Waals surface area contributed by atoms with Gasteiger partial charge in [0.1, 0.15) is 5.82 Å². The van der Waals surface area contributed by atoms with Crippen LogP contribution in [0, 0.1) is 17.5 Å². The van der Waals surface area contributed by atoms with Gasteiger partial charge in [0.05, 0.1) is 10.5 Å². The van der Waals surface area contributed by atoms with E-state index in [4.69, 9.17) is 0 Å². The van der Waals surface area contributed by atoms with E-state index < -0.39 is 23.5 Å². The largest absolute Gasteiger partial charge is 0.309 e. The summed E-state index contributed by atoms with van der Waals surface area (Å²) in [6.45, 7) is 0. The average Bonchev–Trinajstić information content (AvgIpc) is 2.39. The molecular weight excluding hydrogens is 319 g/mol. The van der Waals surface area contributed by atoms with E-state index in [1.165, 1.54) is 12.1 Å². The molecule has 0 radical (unpaired) electrons. The number of halogens is 4. The van der Waals surface area contributed by atoms with E-state index >= 15 is 0 Å². The normalized spacial score (nSPS) is 12.5. The first-order valence-corrected chi connectivity index (χ1v) is 6.39. The minimum atomic E-state index is -0.921. The molecule has 0 saturated carbocycles. The van der Waals surface area contributed by atoms with Gasteiger partial charge < -0.3 is 5.32 Å². The Bertz CT molecular complexity index is 550. The van der Waals surface area contributed by atoms with E-state index in [0.717, 1.165) is 12.1 Å². The summed E-state index contributed by atoms with van der Waals surface area (Å²) in [5, 5.41) is 2.96. The van der Waals surface area contributed by atoms with Gasteiger partial charge in [-0.2, -0.15) is 0 Å². The zero-order chi connectivity index (χ0) is 14.0. The van der Waals surface area contributed by atoms with Gasteiger partial charge >= 0.3 is 0 Å². The lowest BCUT2D eigenvalue weighted by Gasteiger charge is -2.17. The van der Waals surface area contributed by atoms with Crippen LogP contribution in [0.3, 0.4) is 0 Å². The van der Waals surface area contributed by atoms with Crippen molar-refractivity contribution in [2.75, 3.05) is 7.05 Å². The van der Waals surface area contributed by atoms with Crippen molar-refractivity contribution in [3.05, 3.63) is 69.4 Å². The molecule has 1 atom stereocenters. The van der Waals surface area contributed by atoms with E-state index in [-0.39, 0.29) is 0 Å². The second-order valence-corrected chi connectivity index (χ2v) is 4.92. The minimum Gasteiger partial charge on any atom is -0.309 e. The lowest BCUT2D eigenvalue weighted by molar-refractivity contribution is 0.504. The molecule has 0 saturated heterocycles. The van der Waals surface area contributed by atoms with Crippen molar-refractivity contribution in [1.29, 1.82) is 0 Å². The van der Waals surface area contributed by atoms with Crippen LogP contribution >= 0.6 is 15.9 Å². The third-order valence-corrected chi connectivity index (χ3v) is 3.49. The van der Waals surface area contributed by atoms with Crippen molar-refractivity contribution >= 4 is 15.9 Å². The molecule has 1 unspecified atom stereocenters. The van der Waals surface area contributed by atoms with Gasteiger partial charge in [-0.1, -0.05) is 12.1 Å². The summed E-state index contributed by atoms with van der Waals surface area (Å²) < 4.78 is 40.1. The minimum absolute atomic E-state index is 0.358. The monoisotopic (exact) mass is 329 g/mol. The van der Waals surface area contributed by atoms with Gasteiger partial charge in [-0.05, 0) is 58.4 Å². The molecule has 0 heterocycles. The summed E-state index contributed by atoms with van der Waals surface area (Å²) in [4.78, 5) is 0. The van der Waals surface area contributed by atoms with Gasteiger partial charge in [0.15, 0.2) is 11.6 Å². The SMILES string of the molecule is CNC(c1ccc(F)c(F)c1)c1ccc(Br)c(F)c1. The van der Waals surface area contributed by atoms with Crippen molar-refractivity contribution in [2.45, 2.75) is 6.04 Å². The Morgan fingerprint density at radius 2 is 1.47 bits per heavy atom. The van der Waals surface area contributed by atoms with Gasteiger partial charge in [0.2, 0.25) is 0 Å². The van der Waals surface area contributed by atoms with Crippen LogP contribution in [0.5, 0.6) is 0 Å². The molecule has 0 bridgehead atoms. The van der Waals surface area contributed by atoms with Crippen LogP contribution in [0.4, 0.5) is 13.2 Å². The summed E-state index contributed by atoms with van der Waals surface area (Å²) in [6.07, 6.45) is 0. The Morgan fingerprint density at radius 3 is 2.00 bits per heavy atom. The first-order valence-electron chi connectivity index (χ1n) is 5.60. The summed E-state index contributed by atoms with van der Waals surface area (Å²) in [6, 6.07) is 7.88. The molecule has 2 rings (SSSR count). The number of benzene rings is 2. The van der Waals surface area contributed by atoms with Crippen LogP contribution in [0.2, 0.25) is 0 Å². The molecular formula is C14H11BrF3N. The smallest absolute Gasteiger partial charge is 0.159 e. The maximum Gasteiger partial charge on any atom is 0.159 e. The first kappa shape index (κ1) is 14.1. The fourth-order valence-electron chi connectivity index (χ4n) is 1.91. The van der Waals surface area contributed by atoms with Crippen LogP contribution in [0.15, 0.2) is 40.9 Å². The van der Waals surface area contributed by atoms with E-state index in [2.05, 4.69) is 21.2 Å². The van der Waals surface area contributed by atoms with Gasteiger partial charge in [-0.3, -0.25) is 0 Å². The Labute approximate surface area is 117 Å². The summed E-state index contributed by atoms with van der Waals surface area (Å²) >= 11 is 3.07. The molecule has 0 aliphatic rings. The number of rotatable bonds is 3. The lowest BCUT2D eigenvalue weighted by Crippen LogP contribution is -2.18. The Hall–Kier alpha value is -1.33. The molecule has 100 valence electrons. The van der Waals surface area contributed by atoms with Gasteiger partial charge in [-0.15, -0.1) is 0 Å². The van der Waals surface area contributed by atoms with Gasteiger partial charge in [-0.25, -0.2) is 13.2 Å². The highest BCUT2D eigenvalue weighted by molar-refractivity contribution is 9.10. The highest BCUT2D eigenvalue weighted by Gasteiger charge is 2.15. The molecule has 0 fully saturated rings. The number of hydrogen-bond acceptors (Lipinski definition) is 1. The van der Waals surface area contributed by atoms with Crippen LogP contribution in [0.1, 0.15) is 17.2 Å². The van der Waals surface area contributed by atoms with Crippen LogP contribution in [-0.2, 0) is 0 Å². The van der Waals surface area contributed by atoms with Crippen molar-refractivity contribution in [3.8, 4) is 0 Å². The zero-order valence-electron chi connectivity index (χ0n) is 10.1. The fourth-order valence-corrected chi connectivity index (χ4v) is 2.16. The summed E-state index contributed by atoms with van der Waals surface area (Å²) in [7, 11) is 1.67. The van der Waals surface area contributed by atoms with E-state index in [1.807, 2.05) is 0 Å². The second kappa shape index (κ2) is 5.75. The molecule has 1 nitrogen and oxygen atoms in total. The average molecular weight is 330 g/mol. The highest BCUT2D eigenvalue weighted by Crippen LogP contribution is 2.26. The van der Waals surface area contributed by atoms with Gasteiger partial charge in [0, 0.05) is 0 Å². The third-order valence-electron chi connectivity index (χ3n) is 2.84. The van der Waals surface area contributed by atoms with Crippen LogP contribution in [-0.4, -0.2) is 7.05 Å². The molecule has 0 aromatic heterocycles. The Morgan fingerprint density at radius 1 is 0.895 bits per heavy atom. The fraction of sp³-hybridized carbons (Fsp3) is 0.143. The maximum atomic E-state index is 13.5. The predicted molar refractivity (Wildman–Crippen MR) is 71.4 cm³/mol.